The maximum atomic E-state index is 5.80. The number of hydrogen-bond acceptors (Lipinski definition) is 4. The highest BCUT2D eigenvalue weighted by Crippen LogP contribution is 2.22. The standard InChI is InChI=1S/C15H19N3O/c1-4-13-17-14(16-5-2)10-15(18-13)19-12-8-6-7-11(3)9-12/h6-10H,4-5H2,1-3H3,(H,16,17,18). The van der Waals surface area contributed by atoms with Gasteiger partial charge in [-0.1, -0.05) is 19.1 Å². The first-order valence-electron chi connectivity index (χ1n) is 6.57. The van der Waals surface area contributed by atoms with E-state index in [1.807, 2.05) is 51.1 Å². The van der Waals surface area contributed by atoms with E-state index in [1.54, 1.807) is 0 Å². The fourth-order valence-corrected chi connectivity index (χ4v) is 1.75. The predicted octanol–water partition coefficient (Wildman–Crippen LogP) is 3.57. The van der Waals surface area contributed by atoms with Gasteiger partial charge in [0.25, 0.3) is 0 Å². The lowest BCUT2D eigenvalue weighted by Crippen LogP contribution is -2.04. The molecule has 0 unspecified atom stereocenters. The Morgan fingerprint density at radius 2 is 2.00 bits per heavy atom. The second kappa shape index (κ2) is 6.18. The van der Waals surface area contributed by atoms with Crippen LogP contribution in [0.25, 0.3) is 0 Å². The first-order chi connectivity index (χ1) is 9.21. The largest absolute Gasteiger partial charge is 0.439 e. The molecule has 1 aromatic carbocycles. The van der Waals surface area contributed by atoms with E-state index in [0.29, 0.717) is 5.88 Å². The van der Waals surface area contributed by atoms with Gasteiger partial charge in [-0.05, 0) is 31.5 Å². The highest BCUT2D eigenvalue weighted by Gasteiger charge is 2.05. The molecular weight excluding hydrogens is 238 g/mol. The summed E-state index contributed by atoms with van der Waals surface area (Å²) in [6.07, 6.45) is 0.781. The smallest absolute Gasteiger partial charge is 0.224 e. The zero-order valence-electron chi connectivity index (χ0n) is 11.6. The van der Waals surface area contributed by atoms with Crippen LogP contribution >= 0.6 is 0 Å². The SMILES string of the molecule is CCNc1cc(Oc2cccc(C)c2)nc(CC)n1. The third-order valence-corrected chi connectivity index (χ3v) is 2.64. The maximum Gasteiger partial charge on any atom is 0.224 e. The predicted molar refractivity (Wildman–Crippen MR) is 76.8 cm³/mol. The Labute approximate surface area is 113 Å². The monoisotopic (exact) mass is 257 g/mol. The van der Waals surface area contributed by atoms with Crippen molar-refractivity contribution in [3.8, 4) is 11.6 Å². The van der Waals surface area contributed by atoms with E-state index in [2.05, 4.69) is 15.3 Å². The summed E-state index contributed by atoms with van der Waals surface area (Å²) >= 11 is 0. The molecule has 4 heteroatoms. The molecule has 0 fully saturated rings. The van der Waals surface area contributed by atoms with E-state index >= 15 is 0 Å². The summed E-state index contributed by atoms with van der Waals surface area (Å²) in [7, 11) is 0. The molecule has 0 spiro atoms. The summed E-state index contributed by atoms with van der Waals surface area (Å²) in [4.78, 5) is 8.78. The number of nitrogens with one attached hydrogen (secondary N) is 1. The highest BCUT2D eigenvalue weighted by molar-refractivity contribution is 5.40. The zero-order valence-corrected chi connectivity index (χ0v) is 11.6. The first-order valence-corrected chi connectivity index (χ1v) is 6.57. The molecule has 1 aromatic heterocycles. The number of aryl methyl sites for hydroxylation is 2. The van der Waals surface area contributed by atoms with Crippen molar-refractivity contribution in [3.05, 3.63) is 41.7 Å². The van der Waals surface area contributed by atoms with Crippen LogP contribution in [0.2, 0.25) is 0 Å². The van der Waals surface area contributed by atoms with Crippen molar-refractivity contribution in [3.63, 3.8) is 0 Å². The van der Waals surface area contributed by atoms with Gasteiger partial charge < -0.3 is 10.1 Å². The minimum Gasteiger partial charge on any atom is -0.439 e. The quantitative estimate of drug-likeness (QED) is 0.889. The molecule has 2 rings (SSSR count). The van der Waals surface area contributed by atoms with Crippen LogP contribution in [0, 0.1) is 6.92 Å². The zero-order chi connectivity index (χ0) is 13.7. The van der Waals surface area contributed by atoms with Gasteiger partial charge in [-0.15, -0.1) is 0 Å². The Balaban J connectivity index is 2.26. The van der Waals surface area contributed by atoms with Gasteiger partial charge in [-0.2, -0.15) is 4.98 Å². The van der Waals surface area contributed by atoms with Gasteiger partial charge in [-0.3, -0.25) is 0 Å². The molecule has 0 saturated carbocycles. The molecule has 1 N–H and O–H groups in total. The van der Waals surface area contributed by atoms with Crippen LogP contribution < -0.4 is 10.1 Å². The maximum absolute atomic E-state index is 5.80. The van der Waals surface area contributed by atoms with Crippen LogP contribution in [-0.2, 0) is 6.42 Å². The van der Waals surface area contributed by atoms with Gasteiger partial charge in [0.2, 0.25) is 5.88 Å². The second-order valence-electron chi connectivity index (χ2n) is 4.31. The molecule has 0 amide bonds. The van der Waals surface area contributed by atoms with Crippen molar-refractivity contribution in [2.75, 3.05) is 11.9 Å². The Morgan fingerprint density at radius 3 is 2.68 bits per heavy atom. The molecule has 1 heterocycles. The van der Waals surface area contributed by atoms with E-state index in [-0.39, 0.29) is 0 Å². The number of nitrogens with zero attached hydrogens (tertiary/aromatic N) is 2. The van der Waals surface area contributed by atoms with Crippen molar-refractivity contribution < 1.29 is 4.74 Å². The molecule has 0 radical (unpaired) electrons. The number of hydrogen-bond donors (Lipinski definition) is 1. The fourth-order valence-electron chi connectivity index (χ4n) is 1.75. The van der Waals surface area contributed by atoms with Gasteiger partial charge >= 0.3 is 0 Å². The average Bonchev–Trinajstić information content (AvgIpc) is 2.39. The molecule has 0 aliphatic heterocycles. The lowest BCUT2D eigenvalue weighted by molar-refractivity contribution is 0.459. The lowest BCUT2D eigenvalue weighted by Gasteiger charge is -2.09. The number of anilines is 1. The van der Waals surface area contributed by atoms with Gasteiger partial charge in [0.05, 0.1) is 0 Å². The molecule has 100 valence electrons. The Kier molecular flexibility index (Phi) is 4.34. The molecule has 0 atom stereocenters. The highest BCUT2D eigenvalue weighted by atomic mass is 16.5. The van der Waals surface area contributed by atoms with Gasteiger partial charge in [0, 0.05) is 19.0 Å². The summed E-state index contributed by atoms with van der Waals surface area (Å²) < 4.78 is 5.80. The van der Waals surface area contributed by atoms with E-state index in [1.165, 1.54) is 0 Å². The first kappa shape index (κ1) is 13.3. The summed E-state index contributed by atoms with van der Waals surface area (Å²) in [6.45, 7) is 6.93. The summed E-state index contributed by atoms with van der Waals surface area (Å²) in [6, 6.07) is 9.74. The lowest BCUT2D eigenvalue weighted by atomic mass is 10.2. The summed E-state index contributed by atoms with van der Waals surface area (Å²) in [5.41, 5.74) is 1.16. The van der Waals surface area contributed by atoms with Gasteiger partial charge in [0.1, 0.15) is 17.4 Å². The number of rotatable bonds is 5. The molecular formula is C15H19N3O. The molecule has 19 heavy (non-hydrogen) atoms. The summed E-state index contributed by atoms with van der Waals surface area (Å²) in [5, 5.41) is 3.19. The van der Waals surface area contributed by atoms with Crippen LogP contribution in [-0.4, -0.2) is 16.5 Å². The summed E-state index contributed by atoms with van der Waals surface area (Å²) in [5.74, 6) is 2.95. The van der Waals surface area contributed by atoms with Crippen molar-refractivity contribution >= 4 is 5.82 Å². The minimum absolute atomic E-state index is 0.577. The molecule has 0 aliphatic carbocycles. The molecule has 0 bridgehead atoms. The number of benzene rings is 1. The molecule has 4 nitrogen and oxygen atoms in total. The van der Waals surface area contributed by atoms with Crippen molar-refractivity contribution in [1.82, 2.24) is 9.97 Å². The third-order valence-electron chi connectivity index (χ3n) is 2.64. The minimum atomic E-state index is 0.577. The van der Waals surface area contributed by atoms with E-state index in [4.69, 9.17) is 4.74 Å². The molecule has 0 aliphatic rings. The molecule has 0 saturated heterocycles. The normalized spacial score (nSPS) is 10.3. The number of aromatic nitrogens is 2. The van der Waals surface area contributed by atoms with Crippen molar-refractivity contribution in [2.45, 2.75) is 27.2 Å². The second-order valence-corrected chi connectivity index (χ2v) is 4.31. The average molecular weight is 257 g/mol. The number of ether oxygens (including phenoxy) is 1. The topological polar surface area (TPSA) is 47.0 Å². The van der Waals surface area contributed by atoms with Crippen LogP contribution in [0.5, 0.6) is 11.6 Å². The van der Waals surface area contributed by atoms with Crippen molar-refractivity contribution in [1.29, 1.82) is 0 Å². The Bertz CT molecular complexity index is 555. The molecule has 2 aromatic rings. The van der Waals surface area contributed by atoms with E-state index in [0.717, 1.165) is 35.9 Å². The Hall–Kier alpha value is -2.10. The fraction of sp³-hybridized carbons (Fsp3) is 0.333. The van der Waals surface area contributed by atoms with E-state index in [9.17, 15) is 0 Å². The van der Waals surface area contributed by atoms with Crippen molar-refractivity contribution in [2.24, 2.45) is 0 Å². The van der Waals surface area contributed by atoms with Crippen LogP contribution in [0.4, 0.5) is 5.82 Å². The van der Waals surface area contributed by atoms with Gasteiger partial charge in [-0.25, -0.2) is 4.98 Å². The van der Waals surface area contributed by atoms with Crippen LogP contribution in [0.3, 0.4) is 0 Å². The Morgan fingerprint density at radius 1 is 1.16 bits per heavy atom. The van der Waals surface area contributed by atoms with E-state index < -0.39 is 0 Å². The van der Waals surface area contributed by atoms with Crippen LogP contribution in [0.15, 0.2) is 30.3 Å². The third kappa shape index (κ3) is 3.68. The van der Waals surface area contributed by atoms with Crippen LogP contribution in [0.1, 0.15) is 25.2 Å². The van der Waals surface area contributed by atoms with Gasteiger partial charge in [0.15, 0.2) is 0 Å².